The second-order valence-electron chi connectivity index (χ2n) is 7.01. The van der Waals surface area contributed by atoms with E-state index in [1.165, 1.54) is 19.3 Å². The van der Waals surface area contributed by atoms with Crippen molar-refractivity contribution in [2.24, 2.45) is 0 Å². The summed E-state index contributed by atoms with van der Waals surface area (Å²) in [6.45, 7) is 6.40. The summed E-state index contributed by atoms with van der Waals surface area (Å²) in [6.07, 6.45) is 3.12. The van der Waals surface area contributed by atoms with E-state index in [9.17, 15) is 5.11 Å². The Labute approximate surface area is 156 Å². The highest BCUT2D eigenvalue weighted by molar-refractivity contribution is 5.40. The summed E-state index contributed by atoms with van der Waals surface area (Å²) in [6, 6.07) is 8.73. The van der Waals surface area contributed by atoms with Crippen LogP contribution in [0.2, 0.25) is 0 Å². The van der Waals surface area contributed by atoms with Crippen molar-refractivity contribution < 1.29 is 31.7 Å². The molecule has 0 aliphatic carbocycles. The molecule has 0 saturated carbocycles. The minimum absolute atomic E-state index is 0. The molecule has 2 aliphatic heterocycles. The fourth-order valence-electron chi connectivity index (χ4n) is 3.61. The van der Waals surface area contributed by atoms with Gasteiger partial charge in [-0.25, -0.2) is 0 Å². The Morgan fingerprint density at radius 2 is 1.88 bits per heavy atom. The highest BCUT2D eigenvalue weighted by atomic mass is 35.5. The van der Waals surface area contributed by atoms with Crippen LogP contribution in [0.15, 0.2) is 24.3 Å². The topological polar surface area (TPSA) is 51.2 Å². The molecule has 4 unspecified atom stereocenters. The van der Waals surface area contributed by atoms with Gasteiger partial charge in [-0.2, -0.15) is 0 Å². The van der Waals surface area contributed by atoms with E-state index in [0.717, 1.165) is 11.5 Å². The van der Waals surface area contributed by atoms with Gasteiger partial charge < -0.3 is 31.7 Å². The third kappa shape index (κ3) is 5.48. The molecule has 1 fully saturated rings. The van der Waals surface area contributed by atoms with Crippen molar-refractivity contribution in [2.75, 3.05) is 26.4 Å². The lowest BCUT2D eigenvalue weighted by molar-refractivity contribution is -0.0391. The first-order valence-electron chi connectivity index (χ1n) is 9.03. The van der Waals surface area contributed by atoms with Crippen LogP contribution in [0.3, 0.4) is 0 Å². The lowest BCUT2D eigenvalue weighted by Gasteiger charge is -2.40. The van der Waals surface area contributed by atoms with E-state index in [-0.39, 0.29) is 18.5 Å². The van der Waals surface area contributed by atoms with Crippen molar-refractivity contribution in [3.63, 3.8) is 0 Å². The van der Waals surface area contributed by atoms with Gasteiger partial charge in [0.15, 0.2) is 17.6 Å². The summed E-state index contributed by atoms with van der Waals surface area (Å²) < 4.78 is 17.2. The second kappa shape index (κ2) is 9.62. The molecule has 0 amide bonds. The molecular formula is C19H29ClNO4-. The predicted octanol–water partition coefficient (Wildman–Crippen LogP) is -0.529. The summed E-state index contributed by atoms with van der Waals surface area (Å²) >= 11 is 0. The Morgan fingerprint density at radius 1 is 1.20 bits per heavy atom. The van der Waals surface area contributed by atoms with Crippen LogP contribution < -0.4 is 21.9 Å². The number of nitrogens with zero attached hydrogens (tertiary/aromatic N) is 1. The van der Waals surface area contributed by atoms with Crippen molar-refractivity contribution in [3.8, 4) is 11.5 Å². The van der Waals surface area contributed by atoms with Gasteiger partial charge in [-0.15, -0.1) is 0 Å². The van der Waals surface area contributed by atoms with E-state index in [1.54, 1.807) is 0 Å². The molecule has 2 aliphatic rings. The van der Waals surface area contributed by atoms with Crippen LogP contribution in [-0.4, -0.2) is 60.7 Å². The largest absolute Gasteiger partial charge is 1.00 e. The van der Waals surface area contributed by atoms with E-state index in [4.69, 9.17) is 14.2 Å². The Hall–Kier alpha value is -1.01. The summed E-state index contributed by atoms with van der Waals surface area (Å²) in [5, 5.41) is 10.3. The molecule has 5 nitrogen and oxygen atoms in total. The Balaban J connectivity index is 0.00000225. The maximum absolute atomic E-state index is 10.3. The Morgan fingerprint density at radius 3 is 2.60 bits per heavy atom. The smallest absolute Gasteiger partial charge is 0.161 e. The lowest BCUT2D eigenvalue weighted by atomic mass is 9.97. The summed E-state index contributed by atoms with van der Waals surface area (Å²) in [4.78, 5) is 2.40. The van der Waals surface area contributed by atoms with Crippen molar-refractivity contribution >= 4 is 0 Å². The number of hydrogen-bond donors (Lipinski definition) is 1. The van der Waals surface area contributed by atoms with Crippen molar-refractivity contribution in [3.05, 3.63) is 24.3 Å². The van der Waals surface area contributed by atoms with E-state index in [1.807, 2.05) is 24.3 Å². The number of aliphatic hydroxyl groups excluding tert-OH is 1. The molecule has 0 spiro atoms. The van der Waals surface area contributed by atoms with Gasteiger partial charge in [0.25, 0.3) is 0 Å². The fraction of sp³-hybridized carbons (Fsp3) is 0.684. The van der Waals surface area contributed by atoms with Crippen molar-refractivity contribution in [1.82, 2.24) is 4.90 Å². The molecule has 0 bridgehead atoms. The molecule has 1 aromatic rings. The van der Waals surface area contributed by atoms with Gasteiger partial charge in [-0.1, -0.05) is 18.6 Å². The molecular weight excluding hydrogens is 342 g/mol. The van der Waals surface area contributed by atoms with Gasteiger partial charge in [-0.05, 0) is 38.8 Å². The average Bonchev–Trinajstić information content (AvgIpc) is 2.58. The minimum atomic E-state index is -0.468. The monoisotopic (exact) mass is 370 g/mol. The van der Waals surface area contributed by atoms with Crippen LogP contribution in [0.25, 0.3) is 0 Å². The van der Waals surface area contributed by atoms with Crippen LogP contribution in [0.5, 0.6) is 11.5 Å². The average molecular weight is 371 g/mol. The normalized spacial score (nSPS) is 27.4. The van der Waals surface area contributed by atoms with Gasteiger partial charge in [0.05, 0.1) is 19.3 Å². The first kappa shape index (κ1) is 20.3. The number of ether oxygens (including phenoxy) is 3. The standard InChI is InChI=1S/C19H29NO4.ClH/c1-14-6-5-7-15(2)20(14)10-16(21)11-22-12-17-13-23-18-8-3-4-9-19(18)24-17;/h3-4,8-9,14-17,21H,5-7,10-13H2,1-2H3;1H/p-1. The van der Waals surface area contributed by atoms with E-state index >= 15 is 0 Å². The van der Waals surface area contributed by atoms with Crippen LogP contribution in [-0.2, 0) is 4.74 Å². The predicted molar refractivity (Wildman–Crippen MR) is 92.7 cm³/mol. The first-order valence-corrected chi connectivity index (χ1v) is 9.03. The minimum Gasteiger partial charge on any atom is -1.00 e. The molecule has 4 atom stereocenters. The Bertz CT molecular complexity index is 520. The number of hydrogen-bond acceptors (Lipinski definition) is 5. The van der Waals surface area contributed by atoms with Gasteiger partial charge in [0.2, 0.25) is 0 Å². The second-order valence-corrected chi connectivity index (χ2v) is 7.01. The third-order valence-electron chi connectivity index (χ3n) is 4.98. The summed E-state index contributed by atoms with van der Waals surface area (Å²) in [5.74, 6) is 1.54. The number of fused-ring (bicyclic) bond motifs is 1. The maximum Gasteiger partial charge on any atom is 0.161 e. The molecule has 25 heavy (non-hydrogen) atoms. The summed E-state index contributed by atoms with van der Waals surface area (Å²) in [7, 11) is 0. The fourth-order valence-corrected chi connectivity index (χ4v) is 3.61. The Kier molecular flexibility index (Phi) is 7.81. The van der Waals surface area contributed by atoms with Gasteiger partial charge in [0, 0.05) is 18.6 Å². The first-order chi connectivity index (χ1) is 11.6. The molecule has 3 rings (SSSR count). The molecule has 1 N–H and O–H groups in total. The number of halogens is 1. The van der Waals surface area contributed by atoms with Crippen LogP contribution >= 0.6 is 0 Å². The van der Waals surface area contributed by atoms with Crippen molar-refractivity contribution in [1.29, 1.82) is 0 Å². The molecule has 2 heterocycles. The quantitative estimate of drug-likeness (QED) is 0.729. The number of rotatable bonds is 6. The molecule has 0 radical (unpaired) electrons. The zero-order valence-electron chi connectivity index (χ0n) is 15.1. The third-order valence-corrected chi connectivity index (χ3v) is 4.98. The van der Waals surface area contributed by atoms with Gasteiger partial charge in [0.1, 0.15) is 6.61 Å². The van der Waals surface area contributed by atoms with Crippen LogP contribution in [0.4, 0.5) is 0 Å². The number of piperidine rings is 1. The van der Waals surface area contributed by atoms with Crippen LogP contribution in [0, 0.1) is 0 Å². The number of likely N-dealkylation sites (tertiary alicyclic amines) is 1. The molecule has 1 saturated heterocycles. The maximum atomic E-state index is 10.3. The zero-order valence-corrected chi connectivity index (χ0v) is 15.8. The van der Waals surface area contributed by atoms with Crippen LogP contribution in [0.1, 0.15) is 33.1 Å². The van der Waals surface area contributed by atoms with E-state index in [2.05, 4.69) is 18.7 Å². The van der Waals surface area contributed by atoms with Gasteiger partial charge >= 0.3 is 0 Å². The SMILES string of the molecule is CC1CCCC(C)N1CC(O)COCC1COc2ccccc2O1.[Cl-]. The highest BCUT2D eigenvalue weighted by Gasteiger charge is 2.27. The van der Waals surface area contributed by atoms with E-state index < -0.39 is 6.10 Å². The number of β-amino-alcohol motifs (C(OH)–C–C–N with tert-alkyl or cyclic N) is 1. The summed E-state index contributed by atoms with van der Waals surface area (Å²) in [5.41, 5.74) is 0. The molecule has 0 aromatic heterocycles. The van der Waals surface area contributed by atoms with E-state index in [0.29, 0.717) is 38.4 Å². The van der Waals surface area contributed by atoms with Gasteiger partial charge in [-0.3, -0.25) is 4.90 Å². The number of aliphatic hydroxyl groups is 1. The van der Waals surface area contributed by atoms with Crippen molar-refractivity contribution in [2.45, 2.75) is 57.4 Å². The highest BCUT2D eigenvalue weighted by Crippen LogP contribution is 2.30. The zero-order chi connectivity index (χ0) is 16.9. The molecule has 1 aromatic carbocycles. The molecule has 6 heteroatoms. The lowest BCUT2D eigenvalue weighted by Crippen LogP contribution is -3.00. The number of para-hydroxylation sites is 2. The number of benzene rings is 1. The molecule has 142 valence electrons.